The minimum Gasteiger partial charge on any atom is -0.388 e. The van der Waals surface area contributed by atoms with Gasteiger partial charge in [-0.05, 0) is 42.0 Å². The van der Waals surface area contributed by atoms with Crippen molar-refractivity contribution < 1.29 is 9.90 Å². The molecule has 2 N–H and O–H groups in total. The first-order chi connectivity index (χ1) is 8.15. The average molecular weight is 232 g/mol. The first kappa shape index (κ1) is 10.6. The van der Waals surface area contributed by atoms with Crippen LogP contribution in [-0.2, 0) is 6.54 Å². The third-order valence-corrected chi connectivity index (χ3v) is 3.54. The van der Waals surface area contributed by atoms with Gasteiger partial charge in [-0.25, -0.2) is 4.79 Å². The Hall–Kier alpha value is -1.55. The van der Waals surface area contributed by atoms with Crippen molar-refractivity contribution in [3.8, 4) is 0 Å². The highest BCUT2D eigenvalue weighted by atomic mass is 16.3. The Morgan fingerprint density at radius 1 is 1.47 bits per heavy atom. The van der Waals surface area contributed by atoms with E-state index in [4.69, 9.17) is 0 Å². The third kappa shape index (κ3) is 1.89. The second kappa shape index (κ2) is 3.74. The summed E-state index contributed by atoms with van der Waals surface area (Å²) in [6, 6.07) is 5.73. The number of nitrogens with zero attached hydrogens (tertiary/aromatic N) is 1. The first-order valence-electron chi connectivity index (χ1n) is 5.98. The van der Waals surface area contributed by atoms with Crippen LogP contribution in [0.5, 0.6) is 0 Å². The van der Waals surface area contributed by atoms with Crippen LogP contribution in [0.15, 0.2) is 18.2 Å². The Morgan fingerprint density at radius 2 is 2.24 bits per heavy atom. The lowest BCUT2D eigenvalue weighted by Crippen LogP contribution is -2.35. The van der Waals surface area contributed by atoms with Gasteiger partial charge in [-0.15, -0.1) is 0 Å². The molecule has 0 radical (unpaired) electrons. The lowest BCUT2D eigenvalue weighted by atomic mass is 10.0. The van der Waals surface area contributed by atoms with Gasteiger partial charge in [-0.2, -0.15) is 0 Å². The predicted molar refractivity (Wildman–Crippen MR) is 64.6 cm³/mol. The van der Waals surface area contributed by atoms with E-state index in [9.17, 15) is 9.90 Å². The van der Waals surface area contributed by atoms with E-state index in [2.05, 4.69) is 5.32 Å². The van der Waals surface area contributed by atoms with Crippen LogP contribution < -0.4 is 5.32 Å². The van der Waals surface area contributed by atoms with Gasteiger partial charge in [0, 0.05) is 19.3 Å². The van der Waals surface area contributed by atoms with Gasteiger partial charge in [0.15, 0.2) is 0 Å². The Labute approximate surface area is 100 Å². The maximum absolute atomic E-state index is 11.5. The Kier molecular flexibility index (Phi) is 2.33. The molecule has 1 aliphatic carbocycles. The molecule has 1 unspecified atom stereocenters. The molecule has 1 aromatic rings. The van der Waals surface area contributed by atoms with Crippen LogP contribution in [0.25, 0.3) is 0 Å². The summed E-state index contributed by atoms with van der Waals surface area (Å²) in [5, 5.41) is 12.9. The van der Waals surface area contributed by atoms with Crippen LogP contribution in [0.1, 0.15) is 30.1 Å². The van der Waals surface area contributed by atoms with Crippen molar-refractivity contribution in [2.24, 2.45) is 5.92 Å². The summed E-state index contributed by atoms with van der Waals surface area (Å²) in [6.45, 7) is 0.604. The van der Waals surface area contributed by atoms with Gasteiger partial charge in [0.2, 0.25) is 0 Å². The minimum atomic E-state index is -0.344. The van der Waals surface area contributed by atoms with E-state index in [0.717, 1.165) is 29.7 Å². The number of amides is 2. The fourth-order valence-corrected chi connectivity index (χ4v) is 2.27. The van der Waals surface area contributed by atoms with Crippen molar-refractivity contribution in [3.05, 3.63) is 29.3 Å². The van der Waals surface area contributed by atoms with Crippen molar-refractivity contribution >= 4 is 11.7 Å². The van der Waals surface area contributed by atoms with Gasteiger partial charge in [-0.1, -0.05) is 6.07 Å². The van der Waals surface area contributed by atoms with E-state index in [-0.39, 0.29) is 12.1 Å². The summed E-state index contributed by atoms with van der Waals surface area (Å²) >= 11 is 0. The number of rotatable bonds is 2. The molecule has 0 bridgehead atoms. The van der Waals surface area contributed by atoms with Crippen molar-refractivity contribution in [2.75, 3.05) is 12.4 Å². The summed E-state index contributed by atoms with van der Waals surface area (Å²) in [7, 11) is 1.77. The summed E-state index contributed by atoms with van der Waals surface area (Å²) in [5.74, 6) is 0.434. The summed E-state index contributed by atoms with van der Waals surface area (Å²) in [6.07, 6.45) is 1.90. The number of anilines is 1. The number of benzene rings is 1. The van der Waals surface area contributed by atoms with Crippen LogP contribution in [0.4, 0.5) is 10.5 Å². The van der Waals surface area contributed by atoms with Crippen molar-refractivity contribution in [3.63, 3.8) is 0 Å². The second-order valence-corrected chi connectivity index (χ2v) is 4.99. The van der Waals surface area contributed by atoms with Gasteiger partial charge in [0.05, 0.1) is 6.10 Å². The number of carbonyl (C=O) groups is 1. The molecule has 2 amide bonds. The second-order valence-electron chi connectivity index (χ2n) is 4.99. The van der Waals surface area contributed by atoms with Gasteiger partial charge >= 0.3 is 6.03 Å². The van der Waals surface area contributed by atoms with E-state index < -0.39 is 0 Å². The topological polar surface area (TPSA) is 52.6 Å². The number of hydrogen-bond acceptors (Lipinski definition) is 2. The average Bonchev–Trinajstić information content (AvgIpc) is 3.13. The Morgan fingerprint density at radius 3 is 2.94 bits per heavy atom. The number of aliphatic hydroxyl groups is 1. The summed E-state index contributed by atoms with van der Waals surface area (Å²) in [4.78, 5) is 13.1. The van der Waals surface area contributed by atoms with Crippen LogP contribution in [0.3, 0.4) is 0 Å². The molecule has 1 fully saturated rings. The van der Waals surface area contributed by atoms with E-state index in [0.29, 0.717) is 12.5 Å². The molecular weight excluding hydrogens is 216 g/mol. The van der Waals surface area contributed by atoms with E-state index in [1.807, 2.05) is 18.2 Å². The molecular formula is C13H16N2O2. The van der Waals surface area contributed by atoms with Crippen molar-refractivity contribution in [1.82, 2.24) is 4.90 Å². The highest BCUT2D eigenvalue weighted by Crippen LogP contribution is 2.41. The highest BCUT2D eigenvalue weighted by Gasteiger charge is 2.31. The molecule has 17 heavy (non-hydrogen) atoms. The zero-order valence-corrected chi connectivity index (χ0v) is 9.81. The fraction of sp³-hybridized carbons (Fsp3) is 0.462. The molecule has 3 rings (SSSR count). The van der Waals surface area contributed by atoms with E-state index in [1.54, 1.807) is 11.9 Å². The Bertz CT molecular complexity index is 468. The molecule has 1 saturated carbocycles. The van der Waals surface area contributed by atoms with E-state index in [1.165, 1.54) is 0 Å². The molecule has 4 heteroatoms. The maximum atomic E-state index is 11.5. The standard InChI is InChI=1S/C13H16N2O2/c1-15-7-10-6-9(12(16)8-2-3-8)4-5-11(10)14-13(15)17/h4-6,8,12,16H,2-3,7H2,1H3,(H,14,17). The number of fused-ring (bicyclic) bond motifs is 1. The van der Waals surface area contributed by atoms with Gasteiger partial charge in [0.25, 0.3) is 0 Å². The number of nitrogens with one attached hydrogen (secondary N) is 1. The van der Waals surface area contributed by atoms with Crippen molar-refractivity contribution in [1.29, 1.82) is 0 Å². The molecule has 1 atom stereocenters. The molecule has 0 saturated heterocycles. The minimum absolute atomic E-state index is 0.0759. The van der Waals surface area contributed by atoms with Crippen LogP contribution in [0.2, 0.25) is 0 Å². The van der Waals surface area contributed by atoms with Gasteiger partial charge < -0.3 is 15.3 Å². The SMILES string of the molecule is CN1Cc2cc(C(O)C3CC3)ccc2NC1=O. The van der Waals surface area contributed by atoms with Gasteiger partial charge in [0.1, 0.15) is 0 Å². The van der Waals surface area contributed by atoms with Gasteiger partial charge in [-0.3, -0.25) is 0 Å². The number of urea groups is 1. The largest absolute Gasteiger partial charge is 0.388 e. The zero-order chi connectivity index (χ0) is 12.0. The molecule has 90 valence electrons. The van der Waals surface area contributed by atoms with Crippen LogP contribution in [0, 0.1) is 5.92 Å². The Balaban J connectivity index is 1.90. The normalized spacial score (nSPS) is 20.8. The molecule has 2 aliphatic rings. The lowest BCUT2D eigenvalue weighted by molar-refractivity contribution is 0.153. The van der Waals surface area contributed by atoms with E-state index >= 15 is 0 Å². The molecule has 1 aliphatic heterocycles. The first-order valence-corrected chi connectivity index (χ1v) is 5.98. The predicted octanol–water partition coefficient (Wildman–Crippen LogP) is 2.11. The highest BCUT2D eigenvalue weighted by molar-refractivity contribution is 5.92. The number of carbonyl (C=O) groups excluding carboxylic acids is 1. The fourth-order valence-electron chi connectivity index (χ4n) is 2.27. The molecule has 1 aromatic carbocycles. The lowest BCUT2D eigenvalue weighted by Gasteiger charge is -2.26. The number of hydrogen-bond donors (Lipinski definition) is 2. The molecule has 1 heterocycles. The smallest absolute Gasteiger partial charge is 0.321 e. The quantitative estimate of drug-likeness (QED) is 0.820. The monoisotopic (exact) mass is 232 g/mol. The summed E-state index contributed by atoms with van der Waals surface area (Å²) in [5.41, 5.74) is 2.90. The number of aliphatic hydroxyl groups excluding tert-OH is 1. The zero-order valence-electron chi connectivity index (χ0n) is 9.81. The molecule has 0 aromatic heterocycles. The summed E-state index contributed by atoms with van der Waals surface area (Å²) < 4.78 is 0. The molecule has 4 nitrogen and oxygen atoms in total. The van der Waals surface area contributed by atoms with Crippen LogP contribution in [-0.4, -0.2) is 23.1 Å². The maximum Gasteiger partial charge on any atom is 0.321 e. The van der Waals surface area contributed by atoms with Crippen molar-refractivity contribution in [2.45, 2.75) is 25.5 Å². The third-order valence-electron chi connectivity index (χ3n) is 3.54. The molecule has 0 spiro atoms. The van der Waals surface area contributed by atoms with Crippen LogP contribution >= 0.6 is 0 Å².